The summed E-state index contributed by atoms with van der Waals surface area (Å²) in [5.41, 5.74) is 0.281. The first kappa shape index (κ1) is 14.3. The lowest BCUT2D eigenvalue weighted by Crippen LogP contribution is -2.19. The van der Waals surface area contributed by atoms with Gasteiger partial charge in [-0.1, -0.05) is 12.1 Å². The monoisotopic (exact) mass is 291 g/mol. The topological polar surface area (TPSA) is 76.2 Å². The highest BCUT2D eigenvalue weighted by Crippen LogP contribution is 2.29. The average Bonchev–Trinajstić information content (AvgIpc) is 2.43. The summed E-state index contributed by atoms with van der Waals surface area (Å²) >= 11 is 1.30. The van der Waals surface area contributed by atoms with Gasteiger partial charge >= 0.3 is 5.97 Å². The summed E-state index contributed by atoms with van der Waals surface area (Å²) in [5.74, 6) is -0.838. The third-order valence-electron chi connectivity index (χ3n) is 2.96. The first-order valence-corrected chi connectivity index (χ1v) is 7.06. The molecule has 0 spiro atoms. The van der Waals surface area contributed by atoms with Gasteiger partial charge in [0.15, 0.2) is 5.78 Å². The molecule has 0 radical (unpaired) electrons. The van der Waals surface area contributed by atoms with E-state index in [4.69, 9.17) is 4.74 Å². The number of rotatable bonds is 3. The molecule has 1 N–H and O–H groups in total. The molecular weight excluding hydrogens is 278 g/mol. The fourth-order valence-electron chi connectivity index (χ4n) is 2.10. The summed E-state index contributed by atoms with van der Waals surface area (Å²) in [5, 5.41) is 0.658. The van der Waals surface area contributed by atoms with Crippen LogP contribution in [0.3, 0.4) is 0 Å². The molecule has 0 fully saturated rings. The van der Waals surface area contributed by atoms with Crippen LogP contribution in [0.2, 0.25) is 0 Å². The van der Waals surface area contributed by atoms with Gasteiger partial charge in [-0.15, -0.1) is 11.8 Å². The third-order valence-corrected chi connectivity index (χ3v) is 3.80. The molecule has 1 heterocycles. The molecule has 0 aliphatic carbocycles. The number of pyridine rings is 1. The molecular formula is C14H13NO4S. The van der Waals surface area contributed by atoms with Crippen molar-refractivity contribution < 1.29 is 14.3 Å². The Balaban J connectivity index is 2.95. The number of esters is 1. The number of para-hydroxylation sites is 1. The minimum absolute atomic E-state index is 0.118. The quantitative estimate of drug-likeness (QED) is 0.533. The number of ether oxygens (including phenoxy) is 1. The van der Waals surface area contributed by atoms with Gasteiger partial charge < -0.3 is 9.72 Å². The lowest BCUT2D eigenvalue weighted by atomic mass is 10.1. The lowest BCUT2D eigenvalue weighted by Gasteiger charge is -2.10. The number of Topliss-reactive ketones (excluding diaryl/α,β-unsaturated/α-hetero) is 1. The molecule has 0 saturated carbocycles. The molecule has 104 valence electrons. The molecule has 1 aromatic heterocycles. The van der Waals surface area contributed by atoms with Gasteiger partial charge in [-0.3, -0.25) is 9.59 Å². The van der Waals surface area contributed by atoms with E-state index in [9.17, 15) is 14.4 Å². The SMILES string of the molecule is COC(=O)c1cccc2c(SC)c(C(C)=O)c(=O)[nH]c12. The van der Waals surface area contributed by atoms with Crippen molar-refractivity contribution >= 4 is 34.4 Å². The predicted octanol–water partition coefficient (Wildman–Crippen LogP) is 2.24. The lowest BCUT2D eigenvalue weighted by molar-refractivity contribution is 0.0602. The molecule has 20 heavy (non-hydrogen) atoms. The molecule has 0 bridgehead atoms. The molecule has 2 aromatic rings. The van der Waals surface area contributed by atoms with Crippen LogP contribution in [0.4, 0.5) is 0 Å². The maximum atomic E-state index is 12.1. The Morgan fingerprint density at radius 2 is 2.00 bits per heavy atom. The van der Waals surface area contributed by atoms with E-state index in [-0.39, 0.29) is 16.9 Å². The number of H-pyrrole nitrogens is 1. The predicted molar refractivity (Wildman–Crippen MR) is 77.7 cm³/mol. The number of nitrogens with one attached hydrogen (secondary N) is 1. The number of hydrogen-bond acceptors (Lipinski definition) is 5. The second kappa shape index (κ2) is 5.50. The van der Waals surface area contributed by atoms with E-state index >= 15 is 0 Å². The average molecular weight is 291 g/mol. The number of methoxy groups -OCH3 is 1. The number of thioether (sulfide) groups is 1. The largest absolute Gasteiger partial charge is 0.465 e. The Bertz CT molecular complexity index is 764. The van der Waals surface area contributed by atoms with Gasteiger partial charge in [0.2, 0.25) is 0 Å². The van der Waals surface area contributed by atoms with Crippen molar-refractivity contribution in [2.24, 2.45) is 0 Å². The van der Waals surface area contributed by atoms with E-state index < -0.39 is 11.5 Å². The molecule has 0 aliphatic heterocycles. The van der Waals surface area contributed by atoms with Crippen LogP contribution in [0.1, 0.15) is 27.6 Å². The van der Waals surface area contributed by atoms with E-state index in [1.165, 1.54) is 25.8 Å². The van der Waals surface area contributed by atoms with Crippen molar-refractivity contribution in [1.82, 2.24) is 4.98 Å². The first-order chi connectivity index (χ1) is 9.51. The number of fused-ring (bicyclic) bond motifs is 1. The molecule has 0 unspecified atom stereocenters. The zero-order chi connectivity index (χ0) is 14.9. The number of aromatic amines is 1. The van der Waals surface area contributed by atoms with Crippen LogP contribution in [-0.4, -0.2) is 30.1 Å². The van der Waals surface area contributed by atoms with Gasteiger partial charge in [-0.25, -0.2) is 4.79 Å². The molecule has 6 heteroatoms. The van der Waals surface area contributed by atoms with Crippen molar-refractivity contribution in [1.29, 1.82) is 0 Å². The Morgan fingerprint density at radius 1 is 1.30 bits per heavy atom. The minimum atomic E-state index is -0.533. The highest BCUT2D eigenvalue weighted by Gasteiger charge is 2.19. The molecule has 0 amide bonds. The smallest absolute Gasteiger partial charge is 0.339 e. The second-order valence-corrected chi connectivity index (χ2v) is 4.95. The minimum Gasteiger partial charge on any atom is -0.465 e. The number of carbonyl (C=O) groups is 2. The Kier molecular flexibility index (Phi) is 3.94. The summed E-state index contributed by atoms with van der Waals surface area (Å²) < 4.78 is 4.70. The van der Waals surface area contributed by atoms with Crippen LogP contribution in [-0.2, 0) is 4.74 Å². The standard InChI is InChI=1S/C14H13NO4S/c1-7(16)10-12(20-3)8-5-4-6-9(14(18)19-2)11(8)15-13(10)17/h4-6H,1-3H3,(H,15,17). The number of aromatic nitrogens is 1. The van der Waals surface area contributed by atoms with Crippen molar-refractivity contribution in [2.75, 3.05) is 13.4 Å². The van der Waals surface area contributed by atoms with Crippen LogP contribution in [0.25, 0.3) is 10.9 Å². The fourth-order valence-corrected chi connectivity index (χ4v) is 2.93. The number of hydrogen-bond donors (Lipinski definition) is 1. The van der Waals surface area contributed by atoms with Crippen molar-refractivity contribution in [3.63, 3.8) is 0 Å². The molecule has 2 rings (SSSR count). The zero-order valence-corrected chi connectivity index (χ0v) is 12.1. The molecule has 0 saturated heterocycles. The van der Waals surface area contributed by atoms with E-state index in [1.807, 2.05) is 0 Å². The van der Waals surface area contributed by atoms with E-state index in [2.05, 4.69) is 4.98 Å². The highest BCUT2D eigenvalue weighted by atomic mass is 32.2. The van der Waals surface area contributed by atoms with Crippen LogP contribution in [0.15, 0.2) is 27.9 Å². The van der Waals surface area contributed by atoms with E-state index in [0.29, 0.717) is 15.8 Å². The van der Waals surface area contributed by atoms with Gasteiger partial charge in [0.1, 0.15) is 0 Å². The van der Waals surface area contributed by atoms with Gasteiger partial charge in [-0.05, 0) is 19.2 Å². The van der Waals surface area contributed by atoms with Crippen LogP contribution in [0, 0.1) is 0 Å². The van der Waals surface area contributed by atoms with Crippen molar-refractivity contribution in [2.45, 2.75) is 11.8 Å². The van der Waals surface area contributed by atoms with Gasteiger partial charge in [-0.2, -0.15) is 0 Å². The van der Waals surface area contributed by atoms with Gasteiger partial charge in [0.05, 0.1) is 23.8 Å². The van der Waals surface area contributed by atoms with Crippen LogP contribution < -0.4 is 5.56 Å². The zero-order valence-electron chi connectivity index (χ0n) is 11.3. The summed E-state index contributed by atoms with van der Waals surface area (Å²) in [4.78, 5) is 38.6. The molecule has 5 nitrogen and oxygen atoms in total. The summed E-state index contributed by atoms with van der Waals surface area (Å²) in [6, 6.07) is 5.02. The second-order valence-electron chi connectivity index (χ2n) is 4.14. The Morgan fingerprint density at radius 3 is 2.55 bits per heavy atom. The number of ketones is 1. The third kappa shape index (κ3) is 2.22. The maximum Gasteiger partial charge on any atom is 0.339 e. The Labute approximate surface area is 119 Å². The van der Waals surface area contributed by atoms with Crippen molar-refractivity contribution in [3.05, 3.63) is 39.7 Å². The fraction of sp³-hybridized carbons (Fsp3) is 0.214. The maximum absolute atomic E-state index is 12.1. The summed E-state index contributed by atoms with van der Waals surface area (Å²) in [7, 11) is 1.28. The van der Waals surface area contributed by atoms with Crippen LogP contribution in [0.5, 0.6) is 0 Å². The van der Waals surface area contributed by atoms with Crippen molar-refractivity contribution in [3.8, 4) is 0 Å². The first-order valence-electron chi connectivity index (χ1n) is 5.83. The van der Waals surface area contributed by atoms with Crippen LogP contribution >= 0.6 is 11.8 Å². The van der Waals surface area contributed by atoms with Gasteiger partial charge in [0.25, 0.3) is 5.56 Å². The highest BCUT2D eigenvalue weighted by molar-refractivity contribution is 7.99. The molecule has 0 atom stereocenters. The summed E-state index contributed by atoms with van der Waals surface area (Å²) in [6.07, 6.45) is 1.78. The van der Waals surface area contributed by atoms with Gasteiger partial charge in [0, 0.05) is 10.3 Å². The van der Waals surface area contributed by atoms with E-state index in [0.717, 1.165) is 0 Å². The number of carbonyl (C=O) groups excluding carboxylic acids is 2. The molecule has 0 aliphatic rings. The normalized spacial score (nSPS) is 10.6. The summed E-state index contributed by atoms with van der Waals surface area (Å²) in [6.45, 7) is 1.35. The number of benzene rings is 1. The molecule has 1 aromatic carbocycles. The Hall–Kier alpha value is -2.08. The van der Waals surface area contributed by atoms with E-state index in [1.54, 1.807) is 24.5 Å².